The normalized spacial score (nSPS) is 11.4. The highest BCUT2D eigenvalue weighted by Crippen LogP contribution is 2.59. The van der Waals surface area contributed by atoms with Gasteiger partial charge in [0.2, 0.25) is 0 Å². The Bertz CT molecular complexity index is 1390. The standard InChI is InChI=1S/C26H24O6/c1-27-18-8-7-13-23-15-10-21(30-4)20(29-3)9-14(15)19(28-2)12-17(23)25-24(13)16(18)11-22(31-5)26(25)32-6/h7-12H,1-6H3. The van der Waals surface area contributed by atoms with Gasteiger partial charge in [0.25, 0.3) is 0 Å². The van der Waals surface area contributed by atoms with E-state index in [-0.39, 0.29) is 0 Å². The van der Waals surface area contributed by atoms with Gasteiger partial charge in [-0.3, -0.25) is 0 Å². The van der Waals surface area contributed by atoms with Gasteiger partial charge >= 0.3 is 0 Å². The molecule has 0 saturated heterocycles. The minimum absolute atomic E-state index is 0.643. The van der Waals surface area contributed by atoms with Crippen LogP contribution in [0.4, 0.5) is 0 Å². The minimum atomic E-state index is 0.643. The third-order valence-corrected chi connectivity index (χ3v) is 6.19. The van der Waals surface area contributed by atoms with Crippen LogP contribution in [0.2, 0.25) is 0 Å². The van der Waals surface area contributed by atoms with E-state index < -0.39 is 0 Å². The summed E-state index contributed by atoms with van der Waals surface area (Å²) >= 11 is 0. The molecule has 0 fully saturated rings. The van der Waals surface area contributed by atoms with Gasteiger partial charge in [0, 0.05) is 21.7 Å². The molecule has 0 N–H and O–H groups in total. The molecule has 0 bridgehead atoms. The second kappa shape index (κ2) is 7.41. The molecular formula is C26H24O6. The van der Waals surface area contributed by atoms with Crippen LogP contribution in [0, 0.1) is 0 Å². The van der Waals surface area contributed by atoms with E-state index in [1.807, 2.05) is 30.3 Å². The lowest BCUT2D eigenvalue weighted by Gasteiger charge is -2.16. The molecule has 0 atom stereocenters. The summed E-state index contributed by atoms with van der Waals surface area (Å²) in [6, 6.07) is 12.0. The fourth-order valence-electron chi connectivity index (χ4n) is 4.82. The average molecular weight is 432 g/mol. The quantitative estimate of drug-likeness (QED) is 0.343. The third-order valence-electron chi connectivity index (χ3n) is 6.19. The first-order valence-electron chi connectivity index (χ1n) is 10.1. The maximum atomic E-state index is 5.85. The van der Waals surface area contributed by atoms with E-state index in [0.29, 0.717) is 23.0 Å². The highest BCUT2D eigenvalue weighted by Gasteiger charge is 2.32. The molecule has 0 aliphatic heterocycles. The fourth-order valence-corrected chi connectivity index (χ4v) is 4.82. The number of fused-ring (bicyclic) bond motifs is 5. The number of hydrogen-bond acceptors (Lipinski definition) is 6. The van der Waals surface area contributed by atoms with Gasteiger partial charge in [0.1, 0.15) is 11.5 Å². The maximum absolute atomic E-state index is 5.85. The Hall–Kier alpha value is -3.80. The van der Waals surface area contributed by atoms with E-state index in [9.17, 15) is 0 Å². The van der Waals surface area contributed by atoms with E-state index in [4.69, 9.17) is 28.4 Å². The van der Waals surface area contributed by atoms with Gasteiger partial charge in [-0.15, -0.1) is 0 Å². The predicted molar refractivity (Wildman–Crippen MR) is 125 cm³/mol. The number of ether oxygens (including phenoxy) is 6. The topological polar surface area (TPSA) is 55.4 Å². The van der Waals surface area contributed by atoms with Crippen LogP contribution in [0.5, 0.6) is 34.5 Å². The number of hydrogen-bond donors (Lipinski definition) is 0. The average Bonchev–Trinajstić information content (AvgIpc) is 3.17. The Morgan fingerprint density at radius 3 is 1.62 bits per heavy atom. The van der Waals surface area contributed by atoms with Crippen molar-refractivity contribution in [3.8, 4) is 56.8 Å². The predicted octanol–water partition coefficient (Wildman–Crippen LogP) is 5.69. The molecule has 6 nitrogen and oxygen atoms in total. The molecule has 0 aromatic heterocycles. The van der Waals surface area contributed by atoms with Crippen LogP contribution in [-0.2, 0) is 0 Å². The summed E-state index contributed by atoms with van der Waals surface area (Å²) in [5.74, 6) is 4.13. The first-order chi connectivity index (χ1) is 15.6. The smallest absolute Gasteiger partial charge is 0.169 e. The largest absolute Gasteiger partial charge is 0.496 e. The molecule has 4 aromatic carbocycles. The molecule has 0 saturated carbocycles. The maximum Gasteiger partial charge on any atom is 0.169 e. The van der Waals surface area contributed by atoms with Crippen molar-refractivity contribution in [1.29, 1.82) is 0 Å². The number of rotatable bonds is 6. The van der Waals surface area contributed by atoms with Crippen molar-refractivity contribution in [3.05, 3.63) is 36.4 Å². The van der Waals surface area contributed by atoms with Crippen LogP contribution in [0.15, 0.2) is 36.4 Å². The zero-order chi connectivity index (χ0) is 22.6. The molecule has 5 rings (SSSR count). The second-order valence-electron chi connectivity index (χ2n) is 7.48. The van der Waals surface area contributed by atoms with Gasteiger partial charge in [-0.1, -0.05) is 0 Å². The number of benzene rings is 4. The van der Waals surface area contributed by atoms with Crippen molar-refractivity contribution in [2.75, 3.05) is 42.7 Å². The molecule has 4 aromatic rings. The van der Waals surface area contributed by atoms with Gasteiger partial charge in [-0.25, -0.2) is 0 Å². The second-order valence-corrected chi connectivity index (χ2v) is 7.48. The van der Waals surface area contributed by atoms with Crippen LogP contribution < -0.4 is 28.4 Å². The molecule has 0 spiro atoms. The summed E-state index contributed by atoms with van der Waals surface area (Å²) in [6.07, 6.45) is 0. The number of methoxy groups -OCH3 is 6. The summed E-state index contributed by atoms with van der Waals surface area (Å²) in [5, 5.41) is 3.95. The molecule has 1 aliphatic carbocycles. The highest BCUT2D eigenvalue weighted by atomic mass is 16.5. The van der Waals surface area contributed by atoms with Crippen LogP contribution in [0.1, 0.15) is 0 Å². The van der Waals surface area contributed by atoms with Crippen LogP contribution >= 0.6 is 0 Å². The van der Waals surface area contributed by atoms with Crippen LogP contribution in [0.25, 0.3) is 43.8 Å². The van der Waals surface area contributed by atoms with E-state index in [1.165, 1.54) is 0 Å². The van der Waals surface area contributed by atoms with E-state index in [2.05, 4.69) is 6.07 Å². The van der Waals surface area contributed by atoms with Gasteiger partial charge in [-0.05, 0) is 58.5 Å². The Labute approximate surface area is 186 Å². The van der Waals surface area contributed by atoms with Crippen molar-refractivity contribution < 1.29 is 28.4 Å². The van der Waals surface area contributed by atoms with Crippen molar-refractivity contribution >= 4 is 21.5 Å². The van der Waals surface area contributed by atoms with E-state index in [0.717, 1.165) is 55.3 Å². The minimum Gasteiger partial charge on any atom is -0.496 e. The van der Waals surface area contributed by atoms with Gasteiger partial charge in [0.15, 0.2) is 23.0 Å². The molecule has 0 amide bonds. The van der Waals surface area contributed by atoms with E-state index >= 15 is 0 Å². The zero-order valence-corrected chi connectivity index (χ0v) is 18.9. The molecule has 0 unspecified atom stereocenters. The van der Waals surface area contributed by atoms with Gasteiger partial charge in [0.05, 0.1) is 42.7 Å². The van der Waals surface area contributed by atoms with Crippen molar-refractivity contribution in [3.63, 3.8) is 0 Å². The van der Waals surface area contributed by atoms with E-state index in [1.54, 1.807) is 42.7 Å². The lowest BCUT2D eigenvalue weighted by atomic mass is 9.95. The lowest BCUT2D eigenvalue weighted by Crippen LogP contribution is -1.95. The summed E-state index contributed by atoms with van der Waals surface area (Å²) in [7, 11) is 9.90. The van der Waals surface area contributed by atoms with Crippen molar-refractivity contribution in [2.24, 2.45) is 0 Å². The molecule has 6 heteroatoms. The van der Waals surface area contributed by atoms with Crippen LogP contribution in [-0.4, -0.2) is 42.7 Å². The Balaban J connectivity index is 2.01. The van der Waals surface area contributed by atoms with Crippen molar-refractivity contribution in [2.45, 2.75) is 0 Å². The lowest BCUT2D eigenvalue weighted by molar-refractivity contribution is 0.355. The summed E-state index contributed by atoms with van der Waals surface area (Å²) in [6.45, 7) is 0. The monoisotopic (exact) mass is 432 g/mol. The molecular weight excluding hydrogens is 408 g/mol. The summed E-state index contributed by atoms with van der Waals surface area (Å²) in [4.78, 5) is 0. The first kappa shape index (κ1) is 20.1. The molecule has 32 heavy (non-hydrogen) atoms. The molecule has 0 heterocycles. The highest BCUT2D eigenvalue weighted by molar-refractivity contribution is 6.25. The third kappa shape index (κ3) is 2.52. The Morgan fingerprint density at radius 2 is 1.03 bits per heavy atom. The molecule has 1 aliphatic rings. The Morgan fingerprint density at radius 1 is 0.438 bits per heavy atom. The summed E-state index contributed by atoms with van der Waals surface area (Å²) < 4.78 is 34.2. The van der Waals surface area contributed by atoms with Gasteiger partial charge in [-0.2, -0.15) is 0 Å². The molecule has 0 radical (unpaired) electrons. The first-order valence-corrected chi connectivity index (χ1v) is 10.1. The summed E-state index contributed by atoms with van der Waals surface area (Å²) in [5.41, 5.74) is 4.13. The van der Waals surface area contributed by atoms with Crippen LogP contribution in [0.3, 0.4) is 0 Å². The SMILES string of the molecule is COc1cc2c(OC)cc3c(c2cc1OC)-c1ccc(OC)c2cc(OC)c(OC)c-3c12. The fraction of sp³-hybridized carbons (Fsp3) is 0.231. The van der Waals surface area contributed by atoms with Crippen molar-refractivity contribution in [1.82, 2.24) is 0 Å². The Kier molecular flexibility index (Phi) is 4.66. The molecule has 164 valence electrons. The zero-order valence-electron chi connectivity index (χ0n) is 18.9. The van der Waals surface area contributed by atoms with Gasteiger partial charge < -0.3 is 28.4 Å².